The van der Waals surface area contributed by atoms with Crippen LogP contribution in [0, 0.1) is 0 Å². The third-order valence-corrected chi connectivity index (χ3v) is 4.32. The van der Waals surface area contributed by atoms with Gasteiger partial charge in [-0.2, -0.15) is 0 Å². The molecule has 0 unspecified atom stereocenters. The summed E-state index contributed by atoms with van der Waals surface area (Å²) in [6.45, 7) is 0.912. The van der Waals surface area contributed by atoms with Gasteiger partial charge in [0.15, 0.2) is 0 Å². The number of methoxy groups -OCH3 is 1. The highest BCUT2D eigenvalue weighted by atomic mass is 16.6. The van der Waals surface area contributed by atoms with Crippen LogP contribution < -0.4 is 14.3 Å². The zero-order valence-electron chi connectivity index (χ0n) is 15.5. The van der Waals surface area contributed by atoms with Gasteiger partial charge in [0.05, 0.1) is 7.11 Å². The van der Waals surface area contributed by atoms with Crippen molar-refractivity contribution in [2.24, 2.45) is 5.16 Å². The molecule has 0 atom stereocenters. The third-order valence-electron chi connectivity index (χ3n) is 4.32. The molecule has 1 aromatic heterocycles. The Kier molecular flexibility index (Phi) is 6.61. The first-order valence-corrected chi connectivity index (χ1v) is 8.94. The molecule has 3 rings (SSSR count). The number of nitrogens with zero attached hydrogens (tertiary/aromatic N) is 4. The quantitative estimate of drug-likeness (QED) is 0.576. The fourth-order valence-electron chi connectivity index (χ4n) is 2.75. The first kappa shape index (κ1) is 19.4. The minimum absolute atomic E-state index is 0.0702. The summed E-state index contributed by atoms with van der Waals surface area (Å²) >= 11 is 0. The second-order valence-corrected chi connectivity index (χ2v) is 6.23. The van der Waals surface area contributed by atoms with Crippen molar-refractivity contribution in [3.8, 4) is 17.5 Å². The highest BCUT2D eigenvalue weighted by Gasteiger charge is 2.23. The maximum atomic E-state index is 10.9. The predicted molar refractivity (Wildman–Crippen MR) is 101 cm³/mol. The zero-order valence-corrected chi connectivity index (χ0v) is 15.5. The Hall–Kier alpha value is -3.36. The number of hydrogen-bond acceptors (Lipinski definition) is 7. The minimum atomic E-state index is -0.896. The average Bonchev–Trinajstić information content (AvgIpc) is 2.73. The Morgan fingerprint density at radius 1 is 1.18 bits per heavy atom. The molecule has 28 heavy (non-hydrogen) atoms. The summed E-state index contributed by atoms with van der Waals surface area (Å²) in [6.07, 6.45) is 2.55. The van der Waals surface area contributed by atoms with E-state index in [1.54, 1.807) is 25.5 Å². The summed E-state index contributed by atoms with van der Waals surface area (Å²) in [5.74, 6) is 1.45. The van der Waals surface area contributed by atoms with Crippen LogP contribution in [0.4, 0.5) is 4.79 Å². The number of hydrogen-bond donors (Lipinski definition) is 1. The van der Waals surface area contributed by atoms with Crippen LogP contribution in [0.25, 0.3) is 0 Å². The number of rotatable bonds is 7. The van der Waals surface area contributed by atoms with Crippen LogP contribution in [0.2, 0.25) is 0 Å². The van der Waals surface area contributed by atoms with Gasteiger partial charge in [-0.3, -0.25) is 0 Å². The second kappa shape index (κ2) is 9.54. The molecule has 1 saturated heterocycles. The van der Waals surface area contributed by atoms with Gasteiger partial charge in [0.1, 0.15) is 11.9 Å². The van der Waals surface area contributed by atoms with Gasteiger partial charge in [0.25, 0.3) is 5.88 Å². The molecular weight excluding hydrogens is 364 g/mol. The molecule has 2 heterocycles. The van der Waals surface area contributed by atoms with Crippen molar-refractivity contribution < 1.29 is 24.2 Å². The molecule has 9 heteroatoms. The van der Waals surface area contributed by atoms with Gasteiger partial charge in [-0.25, -0.2) is 4.79 Å². The molecule has 148 valence electrons. The highest BCUT2D eigenvalue weighted by molar-refractivity contribution is 5.65. The lowest BCUT2D eigenvalue weighted by Crippen LogP contribution is -2.41. The summed E-state index contributed by atoms with van der Waals surface area (Å²) in [7, 11) is 1.63. The molecule has 2 aromatic rings. The Labute approximate surface area is 162 Å². The van der Waals surface area contributed by atoms with E-state index >= 15 is 0 Å². The van der Waals surface area contributed by atoms with Gasteiger partial charge < -0.3 is 24.3 Å². The summed E-state index contributed by atoms with van der Waals surface area (Å²) in [5.41, 5.74) is 1.08. The van der Waals surface area contributed by atoms with Crippen LogP contribution >= 0.6 is 0 Å². The molecular formula is C19H22N4O5. The van der Waals surface area contributed by atoms with Crippen LogP contribution in [0.3, 0.4) is 0 Å². The molecule has 0 bridgehead atoms. The van der Waals surface area contributed by atoms with E-state index in [-0.39, 0.29) is 12.0 Å². The van der Waals surface area contributed by atoms with Crippen molar-refractivity contribution >= 4 is 12.3 Å². The van der Waals surface area contributed by atoms with Gasteiger partial charge in [0.2, 0.25) is 5.88 Å². The molecule has 1 N–H and O–H groups in total. The molecule has 0 aliphatic carbocycles. The maximum Gasteiger partial charge on any atom is 0.407 e. The van der Waals surface area contributed by atoms with Crippen molar-refractivity contribution in [1.29, 1.82) is 0 Å². The van der Waals surface area contributed by atoms with Gasteiger partial charge in [-0.05, 0) is 17.7 Å². The van der Waals surface area contributed by atoms with E-state index in [1.165, 1.54) is 4.90 Å². The van der Waals surface area contributed by atoms with E-state index in [2.05, 4.69) is 15.4 Å². The van der Waals surface area contributed by atoms with Gasteiger partial charge in [-0.1, -0.05) is 17.3 Å². The smallest absolute Gasteiger partial charge is 0.407 e. The largest absolute Gasteiger partial charge is 0.497 e. The average molecular weight is 386 g/mol. The lowest BCUT2D eigenvalue weighted by Gasteiger charge is -2.29. The van der Waals surface area contributed by atoms with E-state index in [4.69, 9.17) is 19.4 Å². The van der Waals surface area contributed by atoms with Crippen molar-refractivity contribution in [3.63, 3.8) is 0 Å². The van der Waals surface area contributed by atoms with Crippen molar-refractivity contribution in [1.82, 2.24) is 15.1 Å². The van der Waals surface area contributed by atoms with Crippen LogP contribution in [-0.4, -0.2) is 58.8 Å². The first-order valence-electron chi connectivity index (χ1n) is 8.94. The number of oxime groups is 1. The monoisotopic (exact) mass is 386 g/mol. The number of aromatic nitrogens is 2. The summed E-state index contributed by atoms with van der Waals surface area (Å²) in [5, 5.41) is 20.7. The number of likely N-dealkylation sites (tertiary alicyclic amines) is 1. The van der Waals surface area contributed by atoms with Gasteiger partial charge in [-0.15, -0.1) is 10.2 Å². The number of ether oxygens (including phenoxy) is 2. The number of amides is 1. The van der Waals surface area contributed by atoms with E-state index in [9.17, 15) is 4.79 Å². The molecule has 1 aromatic carbocycles. The van der Waals surface area contributed by atoms with Crippen LogP contribution in [0.1, 0.15) is 18.4 Å². The summed E-state index contributed by atoms with van der Waals surface area (Å²) < 4.78 is 10.9. The third kappa shape index (κ3) is 5.57. The Morgan fingerprint density at radius 2 is 1.86 bits per heavy atom. The lowest BCUT2D eigenvalue weighted by atomic mass is 10.1. The van der Waals surface area contributed by atoms with Crippen molar-refractivity contribution in [2.75, 3.05) is 20.2 Å². The van der Waals surface area contributed by atoms with E-state index < -0.39 is 6.09 Å². The molecule has 1 aliphatic rings. The summed E-state index contributed by atoms with van der Waals surface area (Å²) in [6, 6.07) is 11.0. The van der Waals surface area contributed by atoms with Gasteiger partial charge >= 0.3 is 6.09 Å². The second-order valence-electron chi connectivity index (χ2n) is 6.23. The van der Waals surface area contributed by atoms with Crippen LogP contribution in [-0.2, 0) is 6.42 Å². The number of benzene rings is 1. The summed E-state index contributed by atoms with van der Waals surface area (Å²) in [4.78, 5) is 17.5. The number of carboxylic acid groups (broad SMARTS) is 1. The Morgan fingerprint density at radius 3 is 2.46 bits per heavy atom. The van der Waals surface area contributed by atoms with E-state index in [0.717, 1.165) is 11.3 Å². The minimum Gasteiger partial charge on any atom is -0.497 e. The SMILES string of the molecule is COc1ccc(CC=NOc2ccc(OC3CCN(C(=O)O)CC3)nn2)cc1. The van der Waals surface area contributed by atoms with Crippen LogP contribution in [0.5, 0.6) is 17.5 Å². The highest BCUT2D eigenvalue weighted by Crippen LogP contribution is 2.18. The zero-order chi connectivity index (χ0) is 19.8. The predicted octanol–water partition coefficient (Wildman–Crippen LogP) is 2.61. The first-order chi connectivity index (χ1) is 13.6. The fourth-order valence-corrected chi connectivity index (χ4v) is 2.75. The molecule has 0 spiro atoms. The van der Waals surface area contributed by atoms with E-state index in [0.29, 0.717) is 38.2 Å². The normalized spacial score (nSPS) is 14.8. The standard InChI is InChI=1S/C19H22N4O5/c1-26-15-4-2-14(3-5-15)8-11-20-28-18-7-6-17(21-22-18)27-16-9-12-23(13-10-16)19(24)25/h2-7,11,16H,8-10,12-13H2,1H3,(H,24,25). The van der Waals surface area contributed by atoms with E-state index in [1.807, 2.05) is 24.3 Å². The Balaban J connectivity index is 1.42. The molecule has 1 amide bonds. The van der Waals surface area contributed by atoms with Crippen LogP contribution in [0.15, 0.2) is 41.6 Å². The Bertz CT molecular complexity index is 787. The molecule has 1 fully saturated rings. The maximum absolute atomic E-state index is 10.9. The number of carbonyl (C=O) groups is 1. The molecule has 9 nitrogen and oxygen atoms in total. The van der Waals surface area contributed by atoms with Crippen molar-refractivity contribution in [3.05, 3.63) is 42.0 Å². The van der Waals surface area contributed by atoms with Crippen molar-refractivity contribution in [2.45, 2.75) is 25.4 Å². The lowest BCUT2D eigenvalue weighted by molar-refractivity contribution is 0.0863. The molecule has 0 saturated carbocycles. The topological polar surface area (TPSA) is 106 Å². The fraction of sp³-hybridized carbons (Fsp3) is 0.368. The number of piperidine rings is 1. The molecule has 0 radical (unpaired) electrons. The molecule has 1 aliphatic heterocycles. The van der Waals surface area contributed by atoms with Gasteiger partial charge in [0, 0.05) is 50.7 Å².